The quantitative estimate of drug-likeness (QED) is 0.321. The van der Waals surface area contributed by atoms with Crippen molar-refractivity contribution in [1.82, 2.24) is 10.2 Å². The fourth-order valence-electron chi connectivity index (χ4n) is 4.85. The number of nitrogens with one attached hydrogen (secondary N) is 3. The molecule has 2 heterocycles. The number of carboxylic acids is 1. The molecule has 0 saturated carbocycles. The number of hydrogen-bond donors (Lipinski definition) is 4. The number of nitrogens with zero attached hydrogens (tertiary/aromatic N) is 2. The maximum absolute atomic E-state index is 13.5. The summed E-state index contributed by atoms with van der Waals surface area (Å²) in [6, 6.07) is 16.5. The molecule has 2 amide bonds. The predicted octanol–water partition coefficient (Wildman–Crippen LogP) is 3.50. The molecule has 0 fully saturated rings. The van der Waals surface area contributed by atoms with E-state index in [1.165, 1.54) is 19.1 Å². The van der Waals surface area contributed by atoms with Crippen LogP contribution in [0.15, 0.2) is 65.7 Å². The van der Waals surface area contributed by atoms with E-state index < -0.39 is 12.0 Å². The zero-order valence-corrected chi connectivity index (χ0v) is 22.1. The number of carbonyl (C=O) groups excluding carboxylic acids is 2. The Morgan fingerprint density at radius 2 is 1.88 bits per heavy atom. The molecule has 0 bridgehead atoms. The molecule has 0 aliphatic carbocycles. The molecule has 0 aromatic heterocycles. The molecule has 0 saturated heterocycles. The summed E-state index contributed by atoms with van der Waals surface area (Å²) in [5, 5.41) is 18.8. The largest absolute Gasteiger partial charge is 0.493 e. The molecule has 0 spiro atoms. The maximum atomic E-state index is 13.5. The normalized spacial score (nSPS) is 14.6. The lowest BCUT2D eigenvalue weighted by atomic mass is 10.0. The van der Waals surface area contributed by atoms with Crippen molar-refractivity contribution >= 4 is 35.1 Å². The number of benzene rings is 3. The summed E-state index contributed by atoms with van der Waals surface area (Å²) in [6.07, 6.45) is -0.287. The molecule has 1 atom stereocenters. The van der Waals surface area contributed by atoms with Crippen LogP contribution in [0.3, 0.4) is 0 Å². The van der Waals surface area contributed by atoms with Gasteiger partial charge in [0.25, 0.3) is 11.8 Å². The highest BCUT2D eigenvalue weighted by Gasteiger charge is 2.35. The number of anilines is 2. The predicted molar refractivity (Wildman–Crippen MR) is 149 cm³/mol. The smallest absolute Gasteiger partial charge is 0.305 e. The van der Waals surface area contributed by atoms with Crippen molar-refractivity contribution in [3.63, 3.8) is 0 Å². The standard InChI is InChI=1S/C29H29N5O6/c1-39-24-9-7-17(13-25(24)40-2)23(15-26(35)36)34-16-19-6-8-21(14-22(19)28(34)38)32-27(37)18-4-3-5-20(12-18)33-29-30-10-11-31-29/h3-9,12-14,23H,10-11,15-16H2,1-2H3,(H,32,37)(H,35,36)(H2,30,31,33). The SMILES string of the molecule is COc1ccc(C(CC(=O)O)N2Cc3ccc(NC(=O)c4cccc(NC5=NCCN5)c4)cc3C2=O)cc1OC. The highest BCUT2D eigenvalue weighted by Crippen LogP contribution is 2.38. The van der Waals surface area contributed by atoms with E-state index in [2.05, 4.69) is 20.9 Å². The zero-order chi connectivity index (χ0) is 28.2. The molecule has 5 rings (SSSR count). The third-order valence-electron chi connectivity index (χ3n) is 6.80. The van der Waals surface area contributed by atoms with Crippen molar-refractivity contribution < 1.29 is 29.0 Å². The molecule has 206 valence electrons. The lowest BCUT2D eigenvalue weighted by Crippen LogP contribution is -2.31. The van der Waals surface area contributed by atoms with Gasteiger partial charge in [0.2, 0.25) is 0 Å². The molecule has 2 aliphatic heterocycles. The summed E-state index contributed by atoms with van der Waals surface area (Å²) in [4.78, 5) is 44.1. The number of amides is 2. The molecule has 40 heavy (non-hydrogen) atoms. The van der Waals surface area contributed by atoms with Gasteiger partial charge in [0.15, 0.2) is 17.5 Å². The number of carbonyl (C=O) groups is 3. The Bertz CT molecular complexity index is 1500. The first-order valence-electron chi connectivity index (χ1n) is 12.7. The summed E-state index contributed by atoms with van der Waals surface area (Å²) >= 11 is 0. The number of methoxy groups -OCH3 is 2. The summed E-state index contributed by atoms with van der Waals surface area (Å²) in [7, 11) is 3.01. The van der Waals surface area contributed by atoms with E-state index in [1.807, 2.05) is 6.07 Å². The zero-order valence-electron chi connectivity index (χ0n) is 22.1. The van der Waals surface area contributed by atoms with Gasteiger partial charge in [-0.15, -0.1) is 0 Å². The van der Waals surface area contributed by atoms with Crippen LogP contribution < -0.4 is 25.4 Å². The fourth-order valence-corrected chi connectivity index (χ4v) is 4.85. The van der Waals surface area contributed by atoms with Crippen molar-refractivity contribution in [3.05, 3.63) is 82.9 Å². The first-order valence-corrected chi connectivity index (χ1v) is 12.7. The van der Waals surface area contributed by atoms with E-state index in [4.69, 9.17) is 9.47 Å². The Hall–Kier alpha value is -5.06. The Morgan fingerprint density at radius 1 is 1.05 bits per heavy atom. The van der Waals surface area contributed by atoms with Crippen LogP contribution in [0.5, 0.6) is 11.5 Å². The van der Waals surface area contributed by atoms with Crippen LogP contribution in [0.1, 0.15) is 44.3 Å². The number of aliphatic imine (C=N–C) groups is 1. The van der Waals surface area contributed by atoms with Crippen LogP contribution in [0.25, 0.3) is 0 Å². The number of rotatable bonds is 9. The molecular weight excluding hydrogens is 514 g/mol. The van der Waals surface area contributed by atoms with Crippen LogP contribution in [0, 0.1) is 0 Å². The van der Waals surface area contributed by atoms with Crippen LogP contribution in [0.2, 0.25) is 0 Å². The summed E-state index contributed by atoms with van der Waals surface area (Å²) < 4.78 is 10.7. The van der Waals surface area contributed by atoms with Gasteiger partial charge in [0, 0.05) is 35.6 Å². The lowest BCUT2D eigenvalue weighted by Gasteiger charge is -2.27. The number of carboxylic acid groups (broad SMARTS) is 1. The number of aliphatic carboxylic acids is 1. The monoisotopic (exact) mass is 543 g/mol. The van der Waals surface area contributed by atoms with Gasteiger partial charge in [-0.05, 0) is 53.6 Å². The second-order valence-corrected chi connectivity index (χ2v) is 9.35. The minimum absolute atomic E-state index is 0.236. The van der Waals surface area contributed by atoms with Crippen molar-refractivity contribution in [2.24, 2.45) is 4.99 Å². The number of fused-ring (bicyclic) bond motifs is 1. The van der Waals surface area contributed by atoms with Crippen molar-refractivity contribution in [3.8, 4) is 11.5 Å². The average molecular weight is 544 g/mol. The first kappa shape index (κ1) is 26.5. The second kappa shape index (κ2) is 11.4. The van der Waals surface area contributed by atoms with Crippen molar-refractivity contribution in [2.45, 2.75) is 19.0 Å². The lowest BCUT2D eigenvalue weighted by molar-refractivity contribution is -0.138. The van der Waals surface area contributed by atoms with E-state index in [0.29, 0.717) is 46.4 Å². The first-order chi connectivity index (χ1) is 19.4. The van der Waals surface area contributed by atoms with Gasteiger partial charge in [0.05, 0.1) is 33.2 Å². The molecule has 3 aromatic carbocycles. The van der Waals surface area contributed by atoms with Crippen LogP contribution >= 0.6 is 0 Å². The Labute approximate surface area is 230 Å². The van der Waals surface area contributed by atoms with Gasteiger partial charge in [-0.25, -0.2) is 0 Å². The fraction of sp³-hybridized carbons (Fsp3) is 0.241. The van der Waals surface area contributed by atoms with E-state index >= 15 is 0 Å². The van der Waals surface area contributed by atoms with E-state index in [9.17, 15) is 19.5 Å². The van der Waals surface area contributed by atoms with Gasteiger partial charge in [-0.3, -0.25) is 19.4 Å². The summed E-state index contributed by atoms with van der Waals surface area (Å²) in [5.74, 6) is -0.0830. The van der Waals surface area contributed by atoms with Crippen LogP contribution in [-0.4, -0.2) is 61.1 Å². The Morgan fingerprint density at radius 3 is 2.60 bits per heavy atom. The highest BCUT2D eigenvalue weighted by atomic mass is 16.5. The molecule has 11 nitrogen and oxygen atoms in total. The van der Waals surface area contributed by atoms with Gasteiger partial charge in [-0.1, -0.05) is 18.2 Å². The maximum Gasteiger partial charge on any atom is 0.305 e. The number of ether oxygens (including phenoxy) is 2. The summed E-state index contributed by atoms with van der Waals surface area (Å²) in [5.41, 5.74) is 3.39. The minimum Gasteiger partial charge on any atom is -0.493 e. The third-order valence-corrected chi connectivity index (χ3v) is 6.80. The van der Waals surface area contributed by atoms with Crippen molar-refractivity contribution in [2.75, 3.05) is 37.9 Å². The van der Waals surface area contributed by atoms with Crippen LogP contribution in [0.4, 0.5) is 11.4 Å². The summed E-state index contributed by atoms with van der Waals surface area (Å²) in [6.45, 7) is 1.70. The van der Waals surface area contributed by atoms with E-state index in [0.717, 1.165) is 17.8 Å². The molecule has 1 unspecified atom stereocenters. The number of hydrogen-bond acceptors (Lipinski definition) is 8. The highest BCUT2D eigenvalue weighted by molar-refractivity contribution is 6.07. The Balaban J connectivity index is 1.34. The molecule has 0 radical (unpaired) electrons. The third kappa shape index (κ3) is 5.53. The minimum atomic E-state index is -1.04. The number of guanidine groups is 1. The van der Waals surface area contributed by atoms with Crippen molar-refractivity contribution in [1.29, 1.82) is 0 Å². The molecular formula is C29H29N5O6. The van der Waals surface area contributed by atoms with Gasteiger partial charge >= 0.3 is 5.97 Å². The van der Waals surface area contributed by atoms with Gasteiger partial charge in [0.1, 0.15) is 0 Å². The van der Waals surface area contributed by atoms with Crippen LogP contribution in [-0.2, 0) is 11.3 Å². The van der Waals surface area contributed by atoms with Gasteiger partial charge in [-0.2, -0.15) is 0 Å². The van der Waals surface area contributed by atoms with E-state index in [-0.39, 0.29) is 24.8 Å². The molecule has 11 heteroatoms. The molecule has 3 aromatic rings. The topological polar surface area (TPSA) is 142 Å². The average Bonchev–Trinajstić information content (AvgIpc) is 3.59. The van der Waals surface area contributed by atoms with Gasteiger partial charge < -0.3 is 35.4 Å². The molecule has 4 N–H and O–H groups in total. The van der Waals surface area contributed by atoms with E-state index in [1.54, 1.807) is 54.6 Å². The molecule has 2 aliphatic rings. The Kier molecular flexibility index (Phi) is 7.54. The second-order valence-electron chi connectivity index (χ2n) is 9.35.